The highest BCUT2D eigenvalue weighted by molar-refractivity contribution is 9.10. The van der Waals surface area contributed by atoms with Gasteiger partial charge in [-0.05, 0) is 46.3 Å². The van der Waals surface area contributed by atoms with Gasteiger partial charge in [-0.3, -0.25) is 9.59 Å². The molecule has 0 bridgehead atoms. The molecule has 0 aromatic heterocycles. The van der Waals surface area contributed by atoms with Gasteiger partial charge in [-0.2, -0.15) is 0 Å². The van der Waals surface area contributed by atoms with Gasteiger partial charge in [-0.1, -0.05) is 12.1 Å². The topological polar surface area (TPSA) is 37.4 Å². The lowest BCUT2D eigenvalue weighted by atomic mass is 9.99. The van der Waals surface area contributed by atoms with Gasteiger partial charge >= 0.3 is 0 Å². The second-order valence-corrected chi connectivity index (χ2v) is 5.63. The van der Waals surface area contributed by atoms with Crippen molar-refractivity contribution in [1.82, 2.24) is 0 Å². The van der Waals surface area contributed by atoms with Gasteiger partial charge in [0.1, 0.15) is 5.82 Å². The average Bonchev–Trinajstić information content (AvgIpc) is 2.48. The van der Waals surface area contributed by atoms with E-state index in [0.717, 1.165) is 0 Å². The van der Waals surface area contributed by atoms with E-state index in [-0.39, 0.29) is 23.7 Å². The molecule has 21 heavy (non-hydrogen) atoms. The first-order chi connectivity index (χ1) is 10.1. The molecule has 106 valence electrons. The molecule has 2 aromatic carbocycles. The summed E-state index contributed by atoms with van der Waals surface area (Å²) in [7, 11) is 0. The lowest BCUT2D eigenvalue weighted by molar-refractivity contribution is 0.0954. The number of fused-ring (bicyclic) bond motifs is 1. The second kappa shape index (κ2) is 5.41. The monoisotopic (exact) mass is 347 g/mol. The van der Waals surface area contributed by atoms with Crippen LogP contribution in [0.1, 0.15) is 27.1 Å². The zero-order valence-corrected chi connectivity index (χ0v) is 12.6. The zero-order chi connectivity index (χ0) is 15.0. The quantitative estimate of drug-likeness (QED) is 0.786. The van der Waals surface area contributed by atoms with Gasteiger partial charge in [0, 0.05) is 23.0 Å². The van der Waals surface area contributed by atoms with Crippen molar-refractivity contribution in [3.8, 4) is 0 Å². The molecule has 0 aliphatic carbocycles. The molecule has 0 N–H and O–H groups in total. The molecule has 0 spiro atoms. The number of carbonyl (C=O) groups is 2. The largest absolute Gasteiger partial charge is 0.307 e. The molecule has 0 saturated carbocycles. The highest BCUT2D eigenvalue weighted by Gasteiger charge is 2.28. The molecule has 3 nitrogen and oxygen atoms in total. The molecule has 1 amide bonds. The van der Waals surface area contributed by atoms with Crippen molar-refractivity contribution < 1.29 is 14.0 Å². The van der Waals surface area contributed by atoms with Crippen molar-refractivity contribution in [3.05, 3.63) is 63.9 Å². The molecule has 3 rings (SSSR count). The average molecular weight is 348 g/mol. The Morgan fingerprint density at radius 2 is 1.95 bits per heavy atom. The van der Waals surface area contributed by atoms with Crippen molar-refractivity contribution in [2.24, 2.45) is 0 Å². The Morgan fingerprint density at radius 3 is 2.71 bits per heavy atom. The predicted molar refractivity (Wildman–Crippen MR) is 81.2 cm³/mol. The molecule has 5 heteroatoms. The number of nitrogens with zero attached hydrogens (tertiary/aromatic N) is 1. The Morgan fingerprint density at radius 1 is 1.19 bits per heavy atom. The number of ketones is 1. The third-order valence-corrected chi connectivity index (χ3v) is 4.15. The molecule has 0 unspecified atom stereocenters. The van der Waals surface area contributed by atoms with Crippen LogP contribution in [0.3, 0.4) is 0 Å². The van der Waals surface area contributed by atoms with Crippen LogP contribution in [-0.4, -0.2) is 18.2 Å². The number of benzene rings is 2. The van der Waals surface area contributed by atoms with Crippen LogP contribution in [0.25, 0.3) is 0 Å². The van der Waals surface area contributed by atoms with Crippen molar-refractivity contribution in [1.29, 1.82) is 0 Å². The molecule has 2 aromatic rings. The zero-order valence-electron chi connectivity index (χ0n) is 11.0. The fraction of sp³-hybridized carbons (Fsp3) is 0.125. The summed E-state index contributed by atoms with van der Waals surface area (Å²) in [6, 6.07) is 11.0. The van der Waals surface area contributed by atoms with E-state index in [2.05, 4.69) is 15.9 Å². The van der Waals surface area contributed by atoms with Crippen molar-refractivity contribution >= 4 is 33.3 Å². The molecule has 0 fully saturated rings. The van der Waals surface area contributed by atoms with E-state index in [1.807, 2.05) is 6.07 Å². The Bertz CT molecular complexity index is 745. The third-order valence-electron chi connectivity index (χ3n) is 3.46. The van der Waals surface area contributed by atoms with Gasteiger partial charge in [0.25, 0.3) is 5.91 Å². The maximum Gasteiger partial charge on any atom is 0.259 e. The number of carbonyl (C=O) groups excluding carboxylic acids is 2. The van der Waals surface area contributed by atoms with Crippen LogP contribution >= 0.6 is 15.9 Å². The van der Waals surface area contributed by atoms with Gasteiger partial charge in [-0.15, -0.1) is 0 Å². The fourth-order valence-electron chi connectivity index (χ4n) is 2.43. The number of Topliss-reactive ketones (excluding diaryl/α,β-unsaturated/α-hetero) is 1. The lowest BCUT2D eigenvalue weighted by Crippen LogP contribution is -2.37. The lowest BCUT2D eigenvalue weighted by Gasteiger charge is -2.29. The van der Waals surface area contributed by atoms with E-state index >= 15 is 0 Å². The summed E-state index contributed by atoms with van der Waals surface area (Å²) in [4.78, 5) is 26.1. The van der Waals surface area contributed by atoms with Crippen LogP contribution in [0.2, 0.25) is 0 Å². The summed E-state index contributed by atoms with van der Waals surface area (Å²) in [5.74, 6) is -0.819. The minimum atomic E-state index is -0.475. The summed E-state index contributed by atoms with van der Waals surface area (Å²) in [6.45, 7) is 0.303. The van der Waals surface area contributed by atoms with Gasteiger partial charge in [0.15, 0.2) is 5.78 Å². The number of anilines is 1. The molecule has 1 heterocycles. The third kappa shape index (κ3) is 2.49. The molecular formula is C16H11BrFNO2. The summed E-state index contributed by atoms with van der Waals surface area (Å²) in [5, 5.41) is 0. The summed E-state index contributed by atoms with van der Waals surface area (Å²) in [5.41, 5.74) is 1.25. The predicted octanol–water partition coefficient (Wildman–Crippen LogP) is 3.82. The number of halogens is 2. The molecule has 0 saturated heterocycles. The minimum absolute atomic E-state index is 0.138. The number of hydrogen-bond acceptors (Lipinski definition) is 2. The number of hydrogen-bond donors (Lipinski definition) is 0. The smallest absolute Gasteiger partial charge is 0.259 e. The fourth-order valence-corrected chi connectivity index (χ4v) is 2.88. The van der Waals surface area contributed by atoms with E-state index in [4.69, 9.17) is 0 Å². The molecule has 0 radical (unpaired) electrons. The Hall–Kier alpha value is -2.01. The van der Waals surface area contributed by atoms with Gasteiger partial charge in [0.05, 0.1) is 11.3 Å². The van der Waals surface area contributed by atoms with E-state index in [1.165, 1.54) is 23.1 Å². The molecule has 1 aliphatic rings. The van der Waals surface area contributed by atoms with Crippen molar-refractivity contribution in [3.63, 3.8) is 0 Å². The Kier molecular flexibility index (Phi) is 3.59. The summed E-state index contributed by atoms with van der Waals surface area (Å²) < 4.78 is 14.0. The highest BCUT2D eigenvalue weighted by Crippen LogP contribution is 2.30. The number of rotatable bonds is 1. The Balaban J connectivity index is 2.06. The van der Waals surface area contributed by atoms with Crippen LogP contribution in [0.5, 0.6) is 0 Å². The standard InChI is InChI=1S/C16H11BrFNO2/c17-13-4-2-1-3-11(13)16(21)19-8-7-15(20)12-9-10(18)5-6-14(12)19/h1-6,9H,7-8H2. The van der Waals surface area contributed by atoms with Crippen LogP contribution in [0, 0.1) is 5.82 Å². The van der Waals surface area contributed by atoms with Crippen LogP contribution in [-0.2, 0) is 0 Å². The van der Waals surface area contributed by atoms with Crippen LogP contribution in [0.4, 0.5) is 10.1 Å². The van der Waals surface area contributed by atoms with Gasteiger partial charge in [-0.25, -0.2) is 4.39 Å². The maximum absolute atomic E-state index is 13.3. The molecule has 0 atom stereocenters. The minimum Gasteiger partial charge on any atom is -0.307 e. The number of amides is 1. The van der Waals surface area contributed by atoms with Crippen LogP contribution < -0.4 is 4.90 Å². The first-order valence-electron chi connectivity index (χ1n) is 6.47. The summed E-state index contributed by atoms with van der Waals surface area (Å²) in [6.07, 6.45) is 0.201. The normalized spacial score (nSPS) is 14.0. The second-order valence-electron chi connectivity index (χ2n) is 4.77. The van der Waals surface area contributed by atoms with E-state index in [1.54, 1.807) is 18.2 Å². The first-order valence-corrected chi connectivity index (χ1v) is 7.26. The van der Waals surface area contributed by atoms with Gasteiger partial charge in [0.2, 0.25) is 0 Å². The molecular weight excluding hydrogens is 337 g/mol. The van der Waals surface area contributed by atoms with Gasteiger partial charge < -0.3 is 4.90 Å². The summed E-state index contributed by atoms with van der Waals surface area (Å²) >= 11 is 3.35. The first kappa shape index (κ1) is 13.9. The van der Waals surface area contributed by atoms with Crippen molar-refractivity contribution in [2.75, 3.05) is 11.4 Å². The van der Waals surface area contributed by atoms with E-state index < -0.39 is 5.82 Å². The van der Waals surface area contributed by atoms with Crippen LogP contribution in [0.15, 0.2) is 46.9 Å². The maximum atomic E-state index is 13.3. The molecule has 1 aliphatic heterocycles. The highest BCUT2D eigenvalue weighted by atomic mass is 79.9. The SMILES string of the molecule is O=C1CCN(C(=O)c2ccccc2Br)c2ccc(F)cc21. The van der Waals surface area contributed by atoms with E-state index in [0.29, 0.717) is 22.3 Å². The Labute approximate surface area is 129 Å². The van der Waals surface area contributed by atoms with Crippen molar-refractivity contribution in [2.45, 2.75) is 6.42 Å². The van der Waals surface area contributed by atoms with E-state index in [9.17, 15) is 14.0 Å².